The molecule has 2 aromatic carbocycles. The molecule has 0 aromatic heterocycles. The van der Waals surface area contributed by atoms with Gasteiger partial charge in [-0.3, -0.25) is 0 Å². The summed E-state index contributed by atoms with van der Waals surface area (Å²) in [6.45, 7) is 4.14. The van der Waals surface area contributed by atoms with Crippen molar-refractivity contribution in [3.8, 4) is 0 Å². The van der Waals surface area contributed by atoms with Crippen LogP contribution in [-0.4, -0.2) is 51.6 Å². The highest BCUT2D eigenvalue weighted by atomic mass is 32.2. The van der Waals surface area contributed by atoms with Crippen LogP contribution in [0.25, 0.3) is 6.08 Å². The predicted octanol–water partition coefficient (Wildman–Crippen LogP) is 2.61. The van der Waals surface area contributed by atoms with Crippen molar-refractivity contribution < 1.29 is 16.8 Å². The van der Waals surface area contributed by atoms with E-state index >= 15 is 0 Å². The van der Waals surface area contributed by atoms with Crippen LogP contribution < -0.4 is 0 Å². The van der Waals surface area contributed by atoms with Crippen LogP contribution in [0.1, 0.15) is 16.7 Å². The summed E-state index contributed by atoms with van der Waals surface area (Å²) in [4.78, 5) is 0.285. The summed E-state index contributed by atoms with van der Waals surface area (Å²) in [6.07, 6.45) is 1.55. The maximum atomic E-state index is 13.0. The second-order valence-corrected chi connectivity index (χ2v) is 10.6. The summed E-state index contributed by atoms with van der Waals surface area (Å²) in [5.41, 5.74) is 2.35. The fourth-order valence-electron chi connectivity index (χ4n) is 3.10. The zero-order valence-electron chi connectivity index (χ0n) is 15.9. The first-order chi connectivity index (χ1) is 13.2. The van der Waals surface area contributed by atoms with Gasteiger partial charge in [-0.25, -0.2) is 16.8 Å². The normalized spacial score (nSPS) is 17.2. The van der Waals surface area contributed by atoms with Gasteiger partial charge in [0, 0.05) is 31.6 Å². The SMILES string of the molecule is Cc1ccc(C)c(S(=O)(=O)N2CCN(S(=O)(=O)C=Cc3ccccc3)CC2)c1. The smallest absolute Gasteiger partial charge is 0.208 e. The Hall–Kier alpha value is -2.00. The second-order valence-electron chi connectivity index (χ2n) is 6.83. The quantitative estimate of drug-likeness (QED) is 0.745. The topological polar surface area (TPSA) is 74.8 Å². The van der Waals surface area contributed by atoms with Crippen molar-refractivity contribution in [1.82, 2.24) is 8.61 Å². The third kappa shape index (κ3) is 4.52. The Morgan fingerprint density at radius 3 is 2.07 bits per heavy atom. The van der Waals surface area contributed by atoms with Crippen LogP contribution in [0.2, 0.25) is 0 Å². The minimum absolute atomic E-state index is 0.131. The number of hydrogen-bond acceptors (Lipinski definition) is 4. The van der Waals surface area contributed by atoms with E-state index in [0.717, 1.165) is 11.1 Å². The number of rotatable bonds is 5. The van der Waals surface area contributed by atoms with Crippen molar-refractivity contribution in [3.63, 3.8) is 0 Å². The average molecular weight is 421 g/mol. The van der Waals surface area contributed by atoms with Gasteiger partial charge in [-0.15, -0.1) is 0 Å². The molecule has 0 amide bonds. The van der Waals surface area contributed by atoms with Crippen molar-refractivity contribution in [2.75, 3.05) is 26.2 Å². The van der Waals surface area contributed by atoms with E-state index in [0.29, 0.717) is 5.56 Å². The lowest BCUT2D eigenvalue weighted by Crippen LogP contribution is -2.50. The monoisotopic (exact) mass is 420 g/mol. The Labute approximate surface area is 167 Å². The molecule has 0 atom stereocenters. The number of nitrogens with zero attached hydrogens (tertiary/aromatic N) is 2. The molecule has 1 aliphatic rings. The number of sulfonamides is 2. The molecule has 3 rings (SSSR count). The lowest BCUT2D eigenvalue weighted by Gasteiger charge is -2.32. The number of hydrogen-bond donors (Lipinski definition) is 0. The molecule has 2 aromatic rings. The molecule has 0 aliphatic carbocycles. The molecular formula is C20H24N2O4S2. The highest BCUT2D eigenvalue weighted by Crippen LogP contribution is 2.23. The van der Waals surface area contributed by atoms with E-state index in [9.17, 15) is 16.8 Å². The third-order valence-electron chi connectivity index (χ3n) is 4.75. The van der Waals surface area contributed by atoms with E-state index in [1.54, 1.807) is 25.1 Å². The molecule has 0 N–H and O–H groups in total. The largest absolute Gasteiger partial charge is 0.243 e. The highest BCUT2D eigenvalue weighted by Gasteiger charge is 2.32. The van der Waals surface area contributed by atoms with E-state index in [1.807, 2.05) is 43.3 Å². The van der Waals surface area contributed by atoms with Gasteiger partial charge in [0.1, 0.15) is 0 Å². The lowest BCUT2D eigenvalue weighted by molar-refractivity contribution is 0.275. The summed E-state index contributed by atoms with van der Waals surface area (Å²) in [5.74, 6) is 0. The molecule has 0 radical (unpaired) electrons. The Bertz CT molecular complexity index is 1070. The zero-order valence-corrected chi connectivity index (χ0v) is 17.6. The van der Waals surface area contributed by atoms with Crippen LogP contribution in [0.3, 0.4) is 0 Å². The summed E-state index contributed by atoms with van der Waals surface area (Å²) in [7, 11) is -7.24. The molecule has 8 heteroatoms. The van der Waals surface area contributed by atoms with Gasteiger partial charge in [0.15, 0.2) is 0 Å². The van der Waals surface area contributed by atoms with Crippen LogP contribution >= 0.6 is 0 Å². The molecular weight excluding hydrogens is 396 g/mol. The van der Waals surface area contributed by atoms with Crippen molar-refractivity contribution >= 4 is 26.1 Å². The van der Waals surface area contributed by atoms with Crippen LogP contribution in [0, 0.1) is 13.8 Å². The summed E-state index contributed by atoms with van der Waals surface area (Å²) >= 11 is 0. The molecule has 1 aliphatic heterocycles. The molecule has 0 bridgehead atoms. The fourth-order valence-corrected chi connectivity index (χ4v) is 6.01. The molecule has 0 spiro atoms. The Balaban J connectivity index is 1.71. The van der Waals surface area contributed by atoms with E-state index in [4.69, 9.17) is 0 Å². The van der Waals surface area contributed by atoms with E-state index < -0.39 is 20.0 Å². The minimum atomic E-state index is -3.65. The minimum Gasteiger partial charge on any atom is -0.208 e. The molecule has 150 valence electrons. The first-order valence-electron chi connectivity index (χ1n) is 9.01. The van der Waals surface area contributed by atoms with Crippen molar-refractivity contribution in [1.29, 1.82) is 0 Å². The van der Waals surface area contributed by atoms with Crippen LogP contribution in [0.4, 0.5) is 0 Å². The van der Waals surface area contributed by atoms with Gasteiger partial charge in [0.05, 0.1) is 4.90 Å². The first-order valence-corrected chi connectivity index (χ1v) is 12.0. The summed E-state index contributed by atoms with van der Waals surface area (Å²) in [5, 5.41) is 1.18. The maximum Gasteiger partial charge on any atom is 0.243 e. The fraction of sp³-hybridized carbons (Fsp3) is 0.300. The lowest BCUT2D eigenvalue weighted by atomic mass is 10.2. The molecule has 0 unspecified atom stereocenters. The van der Waals surface area contributed by atoms with Gasteiger partial charge in [0.25, 0.3) is 0 Å². The van der Waals surface area contributed by atoms with E-state index in [2.05, 4.69) is 0 Å². The maximum absolute atomic E-state index is 13.0. The van der Waals surface area contributed by atoms with Crippen LogP contribution in [0.15, 0.2) is 58.8 Å². The standard InChI is InChI=1S/C20H24N2O4S2/c1-17-8-9-18(2)20(16-17)28(25,26)22-13-11-21(12-14-22)27(23,24)15-10-19-6-4-3-5-7-19/h3-10,15-16H,11-14H2,1-2H3. The van der Waals surface area contributed by atoms with Gasteiger partial charge in [0.2, 0.25) is 20.0 Å². The molecule has 1 saturated heterocycles. The molecule has 1 fully saturated rings. The van der Waals surface area contributed by atoms with Crippen LogP contribution in [0.5, 0.6) is 0 Å². The average Bonchev–Trinajstić information content (AvgIpc) is 2.69. The van der Waals surface area contributed by atoms with Crippen LogP contribution in [-0.2, 0) is 20.0 Å². The first kappa shape index (κ1) is 20.7. The third-order valence-corrected chi connectivity index (χ3v) is 8.36. The van der Waals surface area contributed by atoms with Crippen molar-refractivity contribution in [2.45, 2.75) is 18.7 Å². The Morgan fingerprint density at radius 1 is 0.821 bits per heavy atom. The second kappa shape index (κ2) is 8.16. The Morgan fingerprint density at radius 2 is 1.43 bits per heavy atom. The Kier molecular flexibility index (Phi) is 6.04. The highest BCUT2D eigenvalue weighted by molar-refractivity contribution is 7.92. The summed E-state index contributed by atoms with van der Waals surface area (Å²) < 4.78 is 53.7. The molecule has 1 heterocycles. The number of aryl methyl sites for hydroxylation is 2. The number of piperazine rings is 1. The zero-order chi connectivity index (χ0) is 20.4. The predicted molar refractivity (Wildman–Crippen MR) is 111 cm³/mol. The van der Waals surface area contributed by atoms with Crippen molar-refractivity contribution in [3.05, 3.63) is 70.6 Å². The molecule has 28 heavy (non-hydrogen) atoms. The van der Waals surface area contributed by atoms with Gasteiger partial charge in [-0.1, -0.05) is 42.5 Å². The van der Waals surface area contributed by atoms with Gasteiger partial charge in [-0.2, -0.15) is 8.61 Å². The van der Waals surface area contributed by atoms with E-state index in [1.165, 1.54) is 14.0 Å². The van der Waals surface area contributed by atoms with Crippen molar-refractivity contribution in [2.24, 2.45) is 0 Å². The number of benzene rings is 2. The summed E-state index contributed by atoms with van der Waals surface area (Å²) in [6, 6.07) is 14.5. The molecule has 0 saturated carbocycles. The van der Waals surface area contributed by atoms with Gasteiger partial charge < -0.3 is 0 Å². The van der Waals surface area contributed by atoms with Gasteiger partial charge in [-0.05, 0) is 42.7 Å². The van der Waals surface area contributed by atoms with Gasteiger partial charge >= 0.3 is 0 Å². The van der Waals surface area contributed by atoms with E-state index in [-0.39, 0.29) is 31.1 Å². The molecule has 6 nitrogen and oxygen atoms in total.